The molecule has 0 unspecified atom stereocenters. The van der Waals surface area contributed by atoms with E-state index < -0.39 is 0 Å². The number of thioether (sulfide) groups is 1. The highest BCUT2D eigenvalue weighted by atomic mass is 32.2. The molecule has 5 heteroatoms. The van der Waals surface area contributed by atoms with Crippen LogP contribution in [0.15, 0.2) is 89.9 Å². The minimum absolute atomic E-state index is 0.0397. The Hall–Kier alpha value is -3.05. The lowest BCUT2D eigenvalue weighted by Gasteiger charge is -2.21. The molecule has 30 heavy (non-hydrogen) atoms. The molecule has 0 radical (unpaired) electrons. The van der Waals surface area contributed by atoms with Crippen LogP contribution in [-0.4, -0.2) is 28.8 Å². The van der Waals surface area contributed by atoms with E-state index in [1.165, 1.54) is 22.9 Å². The van der Waals surface area contributed by atoms with Gasteiger partial charge in [-0.2, -0.15) is 0 Å². The fourth-order valence-corrected chi connectivity index (χ4v) is 3.75. The van der Waals surface area contributed by atoms with Gasteiger partial charge in [-0.25, -0.2) is 4.99 Å². The molecule has 0 aliphatic carbocycles. The summed E-state index contributed by atoms with van der Waals surface area (Å²) in [6.45, 7) is 2.82. The van der Waals surface area contributed by atoms with E-state index in [4.69, 9.17) is 4.99 Å². The predicted molar refractivity (Wildman–Crippen MR) is 128 cm³/mol. The molecule has 0 saturated carbocycles. The number of hydrogen-bond donors (Lipinski definition) is 1. The highest BCUT2D eigenvalue weighted by molar-refractivity contribution is 8.14. The van der Waals surface area contributed by atoms with E-state index >= 15 is 0 Å². The van der Waals surface area contributed by atoms with Crippen molar-refractivity contribution in [2.24, 2.45) is 4.99 Å². The van der Waals surface area contributed by atoms with Gasteiger partial charge in [0.1, 0.15) is 0 Å². The summed E-state index contributed by atoms with van der Waals surface area (Å²) < 4.78 is 0. The summed E-state index contributed by atoms with van der Waals surface area (Å²) in [4.78, 5) is 19.4. The van der Waals surface area contributed by atoms with Gasteiger partial charge >= 0.3 is 0 Å². The number of carbonyl (C=O) groups is 1. The van der Waals surface area contributed by atoms with Crippen LogP contribution in [0.5, 0.6) is 0 Å². The van der Waals surface area contributed by atoms with E-state index in [-0.39, 0.29) is 5.91 Å². The quantitative estimate of drug-likeness (QED) is 0.394. The molecule has 0 saturated heterocycles. The van der Waals surface area contributed by atoms with Crippen molar-refractivity contribution in [3.8, 4) is 0 Å². The molecule has 0 aliphatic rings. The zero-order valence-corrected chi connectivity index (χ0v) is 18.2. The number of rotatable bonds is 7. The van der Waals surface area contributed by atoms with Crippen molar-refractivity contribution < 1.29 is 4.79 Å². The summed E-state index contributed by atoms with van der Waals surface area (Å²) in [7, 11) is 2.00. The number of hydrogen-bond acceptors (Lipinski definition) is 3. The maximum absolute atomic E-state index is 12.5. The number of anilines is 1. The van der Waals surface area contributed by atoms with Crippen LogP contribution in [-0.2, 0) is 17.8 Å². The average molecular weight is 418 g/mol. The molecule has 4 nitrogen and oxygen atoms in total. The van der Waals surface area contributed by atoms with Crippen molar-refractivity contribution in [2.75, 3.05) is 18.1 Å². The summed E-state index contributed by atoms with van der Waals surface area (Å²) in [6, 6.07) is 28.1. The molecule has 3 aromatic carbocycles. The number of aryl methyl sites for hydroxylation is 1. The Bertz CT molecular complexity index is 974. The fraction of sp³-hybridized carbons (Fsp3) is 0.200. The van der Waals surface area contributed by atoms with Gasteiger partial charge < -0.3 is 10.2 Å². The third-order valence-corrected chi connectivity index (χ3v) is 5.59. The molecule has 0 bridgehead atoms. The first kappa shape index (κ1) is 21.7. The maximum atomic E-state index is 12.5. The van der Waals surface area contributed by atoms with Crippen LogP contribution >= 0.6 is 11.8 Å². The van der Waals surface area contributed by atoms with Gasteiger partial charge in [0, 0.05) is 19.3 Å². The van der Waals surface area contributed by atoms with E-state index in [1.54, 1.807) is 0 Å². The SMILES string of the molecule is CCc1cccc(NC(=O)CSC(=Nc2ccccc2)N(C)Cc2ccccc2)c1. The van der Waals surface area contributed by atoms with Crippen molar-refractivity contribution in [3.05, 3.63) is 96.1 Å². The molecular weight excluding hydrogens is 390 g/mol. The van der Waals surface area contributed by atoms with Crippen LogP contribution in [0, 0.1) is 0 Å². The minimum Gasteiger partial charge on any atom is -0.350 e. The van der Waals surface area contributed by atoms with Crippen molar-refractivity contribution >= 4 is 34.2 Å². The van der Waals surface area contributed by atoms with Crippen LogP contribution in [0.4, 0.5) is 11.4 Å². The van der Waals surface area contributed by atoms with Gasteiger partial charge in [-0.3, -0.25) is 4.79 Å². The Morgan fingerprint density at radius 2 is 1.60 bits per heavy atom. The number of benzene rings is 3. The molecule has 3 rings (SSSR count). The van der Waals surface area contributed by atoms with E-state index in [0.717, 1.165) is 29.5 Å². The fourth-order valence-electron chi connectivity index (χ4n) is 2.96. The van der Waals surface area contributed by atoms with Crippen molar-refractivity contribution in [1.29, 1.82) is 0 Å². The number of aliphatic imine (C=N–C) groups is 1. The number of carbonyl (C=O) groups excluding carboxylic acids is 1. The highest BCUT2D eigenvalue weighted by Gasteiger charge is 2.12. The third-order valence-electron chi connectivity index (χ3n) is 4.52. The molecule has 0 aliphatic heterocycles. The Morgan fingerprint density at radius 1 is 0.933 bits per heavy atom. The molecule has 1 amide bonds. The Morgan fingerprint density at radius 3 is 2.30 bits per heavy atom. The van der Waals surface area contributed by atoms with Gasteiger partial charge in [0.15, 0.2) is 5.17 Å². The number of amides is 1. The van der Waals surface area contributed by atoms with Crippen molar-refractivity contribution in [1.82, 2.24) is 4.90 Å². The monoisotopic (exact) mass is 417 g/mol. The number of para-hydroxylation sites is 1. The summed E-state index contributed by atoms with van der Waals surface area (Å²) in [6.07, 6.45) is 0.941. The van der Waals surface area contributed by atoms with Gasteiger partial charge in [-0.15, -0.1) is 0 Å². The van der Waals surface area contributed by atoms with E-state index in [2.05, 4.69) is 35.3 Å². The lowest BCUT2D eigenvalue weighted by atomic mass is 10.1. The first-order chi connectivity index (χ1) is 14.6. The largest absolute Gasteiger partial charge is 0.350 e. The predicted octanol–water partition coefficient (Wildman–Crippen LogP) is 5.74. The van der Waals surface area contributed by atoms with Crippen molar-refractivity contribution in [2.45, 2.75) is 19.9 Å². The summed E-state index contributed by atoms with van der Waals surface area (Å²) >= 11 is 1.44. The number of nitrogens with one attached hydrogen (secondary N) is 1. The minimum atomic E-state index is -0.0397. The molecule has 0 atom stereocenters. The molecular formula is C25H27N3OS. The summed E-state index contributed by atoms with van der Waals surface area (Å²) in [5.74, 6) is 0.253. The van der Waals surface area contributed by atoms with Crippen LogP contribution in [0.2, 0.25) is 0 Å². The Balaban J connectivity index is 1.68. The Labute approximate surface area is 183 Å². The molecule has 0 aromatic heterocycles. The number of nitrogens with zero attached hydrogens (tertiary/aromatic N) is 2. The van der Waals surface area contributed by atoms with Crippen LogP contribution in [0.1, 0.15) is 18.1 Å². The second-order valence-electron chi connectivity index (χ2n) is 6.96. The van der Waals surface area contributed by atoms with Gasteiger partial charge in [0.25, 0.3) is 0 Å². The van der Waals surface area contributed by atoms with Gasteiger partial charge in [0.05, 0.1) is 11.4 Å². The van der Waals surface area contributed by atoms with Crippen LogP contribution < -0.4 is 5.32 Å². The topological polar surface area (TPSA) is 44.7 Å². The van der Waals surface area contributed by atoms with Crippen molar-refractivity contribution in [3.63, 3.8) is 0 Å². The molecule has 0 fully saturated rings. The number of amidine groups is 1. The zero-order valence-electron chi connectivity index (χ0n) is 17.4. The van der Waals surface area contributed by atoms with E-state index in [0.29, 0.717) is 5.75 Å². The molecule has 1 N–H and O–H groups in total. The standard InChI is InChI=1S/C25H27N3OS/c1-3-20-13-10-16-23(17-20)26-24(29)19-30-25(27-22-14-8-5-9-15-22)28(2)18-21-11-6-4-7-12-21/h4-17H,3,18-19H2,1-2H3,(H,26,29). The molecule has 0 spiro atoms. The highest BCUT2D eigenvalue weighted by Crippen LogP contribution is 2.19. The van der Waals surface area contributed by atoms with Gasteiger partial charge in [-0.1, -0.05) is 79.3 Å². The maximum Gasteiger partial charge on any atom is 0.234 e. The first-order valence-corrected chi connectivity index (χ1v) is 11.0. The van der Waals surface area contributed by atoms with Gasteiger partial charge in [0.2, 0.25) is 5.91 Å². The van der Waals surface area contributed by atoms with Crippen LogP contribution in [0.25, 0.3) is 0 Å². The first-order valence-electron chi connectivity index (χ1n) is 10.0. The van der Waals surface area contributed by atoms with E-state index in [1.807, 2.05) is 73.8 Å². The normalized spacial score (nSPS) is 11.2. The lowest BCUT2D eigenvalue weighted by molar-refractivity contribution is -0.113. The molecule has 154 valence electrons. The third kappa shape index (κ3) is 6.78. The van der Waals surface area contributed by atoms with Gasteiger partial charge in [-0.05, 0) is 41.8 Å². The second-order valence-corrected chi connectivity index (χ2v) is 7.90. The van der Waals surface area contributed by atoms with E-state index in [9.17, 15) is 4.79 Å². The average Bonchev–Trinajstić information content (AvgIpc) is 2.78. The second kappa shape index (κ2) is 11.2. The zero-order chi connectivity index (χ0) is 21.2. The summed E-state index contributed by atoms with van der Waals surface area (Å²) in [5, 5.41) is 3.80. The Kier molecular flexibility index (Phi) is 8.10. The molecule has 0 heterocycles. The van der Waals surface area contributed by atoms with Crippen LogP contribution in [0.3, 0.4) is 0 Å². The smallest absolute Gasteiger partial charge is 0.234 e. The lowest BCUT2D eigenvalue weighted by Crippen LogP contribution is -2.26. The summed E-state index contributed by atoms with van der Waals surface area (Å²) in [5.41, 5.74) is 4.10. The molecule has 3 aromatic rings.